The van der Waals surface area contributed by atoms with Crippen molar-refractivity contribution in [3.8, 4) is 0 Å². The molecule has 0 spiro atoms. The Morgan fingerprint density at radius 1 is 0.828 bits per heavy atom. The Labute approximate surface area is 189 Å². The molecule has 29 heavy (non-hydrogen) atoms. The van der Waals surface area contributed by atoms with Crippen LogP contribution in [0.3, 0.4) is 0 Å². The summed E-state index contributed by atoms with van der Waals surface area (Å²) in [5, 5.41) is 15.1. The molecule has 0 bridgehead atoms. The number of rotatable bonds is 8. The maximum Gasteiger partial charge on any atom is 0.112 e. The Morgan fingerprint density at radius 2 is 1.21 bits per heavy atom. The fourth-order valence-corrected chi connectivity index (χ4v) is 8.88. The molecule has 3 aromatic rings. The summed E-state index contributed by atoms with van der Waals surface area (Å²) in [6, 6.07) is 32.6. The van der Waals surface area contributed by atoms with Gasteiger partial charge in [-0.15, -0.1) is 0 Å². The fourth-order valence-electron chi connectivity index (χ4n) is 3.94. The Morgan fingerprint density at radius 3 is 1.55 bits per heavy atom. The van der Waals surface area contributed by atoms with Crippen LogP contribution in [0.1, 0.15) is 20.3 Å². The Balaban J connectivity index is 2.09. The minimum atomic E-state index is -1.86. The molecule has 0 radical (unpaired) electrons. The first-order chi connectivity index (χ1) is 14.0. The second-order valence-electron chi connectivity index (χ2n) is 7.51. The maximum atomic E-state index is 10.9. The third kappa shape index (κ3) is 5.36. The van der Waals surface area contributed by atoms with Crippen molar-refractivity contribution >= 4 is 45.8 Å². The van der Waals surface area contributed by atoms with Gasteiger partial charge in [-0.2, -0.15) is 0 Å². The van der Waals surface area contributed by atoms with Gasteiger partial charge in [-0.05, 0) is 69.5 Å². The number of halogens is 1. The highest BCUT2D eigenvalue weighted by Gasteiger charge is 2.45. The van der Waals surface area contributed by atoms with Crippen LogP contribution in [0.5, 0.6) is 0 Å². The van der Waals surface area contributed by atoms with Crippen molar-refractivity contribution in [3.63, 3.8) is 0 Å². The maximum absolute atomic E-state index is 10.9. The number of aliphatic hydroxyl groups excluding tert-OH is 1. The summed E-state index contributed by atoms with van der Waals surface area (Å²) in [7, 11) is -1.86. The van der Waals surface area contributed by atoms with Crippen LogP contribution < -0.4 is 15.9 Å². The summed E-state index contributed by atoms with van der Waals surface area (Å²) < 4.78 is 1.23. The summed E-state index contributed by atoms with van der Waals surface area (Å²) in [5.41, 5.74) is 0. The quantitative estimate of drug-likeness (QED) is 0.301. The first-order valence-corrected chi connectivity index (χ1v) is 13.2. The second kappa shape index (κ2) is 10.5. The Kier molecular flexibility index (Phi) is 8.06. The average Bonchev–Trinajstić information content (AvgIpc) is 2.76. The molecule has 150 valence electrons. The molecule has 0 fully saturated rings. The van der Waals surface area contributed by atoms with Crippen LogP contribution in [0.2, 0.25) is 0 Å². The lowest BCUT2D eigenvalue weighted by atomic mass is 10.0. The molecule has 0 heterocycles. The molecule has 0 amide bonds. The largest absolute Gasteiger partial charge is 0.392 e. The molecular formula is C26H29IOP+. The van der Waals surface area contributed by atoms with E-state index in [1.807, 2.05) is 0 Å². The minimum Gasteiger partial charge on any atom is -0.392 e. The van der Waals surface area contributed by atoms with Crippen molar-refractivity contribution in [3.05, 3.63) is 101 Å². The van der Waals surface area contributed by atoms with Crippen LogP contribution in [0.4, 0.5) is 0 Å². The van der Waals surface area contributed by atoms with Gasteiger partial charge in [0.2, 0.25) is 0 Å². The molecule has 3 heteroatoms. The summed E-state index contributed by atoms with van der Waals surface area (Å²) >= 11 is 2.32. The standard InChI is InChI=1S/C26H29IOP/c1-21(20-22(2)27)26(28)18-19-29(23-12-6-3-7-13-23,24-14-8-4-9-15-24)25-16-10-5-11-17-25/h3-17,20-21,26,28H,18-19H2,1-2H3/q+1/b22-20-/t21-,26-/m0/s1. The predicted octanol–water partition coefficient (Wildman–Crippen LogP) is 5.71. The molecule has 0 unspecified atom stereocenters. The van der Waals surface area contributed by atoms with Gasteiger partial charge in [-0.25, -0.2) is 0 Å². The number of hydrogen-bond donors (Lipinski definition) is 1. The molecule has 0 aliphatic rings. The molecule has 1 N–H and O–H groups in total. The lowest BCUT2D eigenvalue weighted by molar-refractivity contribution is 0.134. The fraction of sp³-hybridized carbons (Fsp3) is 0.231. The third-order valence-electron chi connectivity index (χ3n) is 5.45. The average molecular weight is 515 g/mol. The van der Waals surface area contributed by atoms with E-state index in [1.165, 1.54) is 19.5 Å². The van der Waals surface area contributed by atoms with E-state index in [-0.39, 0.29) is 12.0 Å². The van der Waals surface area contributed by atoms with E-state index < -0.39 is 7.26 Å². The second-order valence-corrected chi connectivity index (χ2v) is 12.8. The van der Waals surface area contributed by atoms with Crippen molar-refractivity contribution in [1.29, 1.82) is 0 Å². The lowest BCUT2D eigenvalue weighted by Crippen LogP contribution is -2.35. The van der Waals surface area contributed by atoms with Crippen molar-refractivity contribution < 1.29 is 5.11 Å². The zero-order valence-corrected chi connectivity index (χ0v) is 20.1. The van der Waals surface area contributed by atoms with Crippen LogP contribution in [0, 0.1) is 5.92 Å². The van der Waals surface area contributed by atoms with Gasteiger partial charge in [0.25, 0.3) is 0 Å². The summed E-state index contributed by atoms with van der Waals surface area (Å²) in [6.07, 6.45) is 3.53. The lowest BCUT2D eigenvalue weighted by Gasteiger charge is -2.29. The number of benzene rings is 3. The van der Waals surface area contributed by atoms with E-state index in [1.54, 1.807) is 0 Å². The first-order valence-electron chi connectivity index (χ1n) is 10.1. The zero-order chi connectivity index (χ0) is 20.7. The summed E-state index contributed by atoms with van der Waals surface area (Å²) in [6.45, 7) is 4.19. The van der Waals surface area contributed by atoms with Crippen LogP contribution in [-0.4, -0.2) is 17.4 Å². The van der Waals surface area contributed by atoms with Crippen LogP contribution in [0.15, 0.2) is 101 Å². The molecule has 0 saturated carbocycles. The van der Waals surface area contributed by atoms with Gasteiger partial charge in [0.1, 0.15) is 23.2 Å². The number of allylic oxidation sites excluding steroid dienone is 1. The van der Waals surface area contributed by atoms with Crippen molar-refractivity contribution in [2.75, 3.05) is 6.16 Å². The predicted molar refractivity (Wildman–Crippen MR) is 138 cm³/mol. The van der Waals surface area contributed by atoms with Gasteiger partial charge in [-0.3, -0.25) is 0 Å². The van der Waals surface area contributed by atoms with Crippen molar-refractivity contribution in [2.45, 2.75) is 26.4 Å². The van der Waals surface area contributed by atoms with E-state index in [0.717, 1.165) is 12.6 Å². The van der Waals surface area contributed by atoms with E-state index in [0.29, 0.717) is 0 Å². The normalized spacial score (nSPS) is 14.4. The van der Waals surface area contributed by atoms with Gasteiger partial charge in [0, 0.05) is 12.3 Å². The zero-order valence-electron chi connectivity index (χ0n) is 17.1. The van der Waals surface area contributed by atoms with Crippen molar-refractivity contribution in [2.24, 2.45) is 5.92 Å². The molecular weight excluding hydrogens is 486 g/mol. The molecule has 0 aromatic heterocycles. The van der Waals surface area contributed by atoms with Crippen LogP contribution >= 0.6 is 29.9 Å². The highest BCUT2D eigenvalue weighted by Crippen LogP contribution is 2.56. The van der Waals surface area contributed by atoms with Gasteiger partial charge in [-0.1, -0.05) is 67.6 Å². The third-order valence-corrected chi connectivity index (χ3v) is 10.3. The highest BCUT2D eigenvalue weighted by atomic mass is 127. The van der Waals surface area contributed by atoms with E-state index in [2.05, 4.69) is 134 Å². The molecule has 0 aliphatic carbocycles. The Bertz CT molecular complexity index is 809. The van der Waals surface area contributed by atoms with Gasteiger partial charge in [0.15, 0.2) is 0 Å². The van der Waals surface area contributed by atoms with E-state index in [4.69, 9.17) is 0 Å². The first kappa shape index (κ1) is 22.2. The number of aliphatic hydroxyl groups is 1. The van der Waals surface area contributed by atoms with Crippen LogP contribution in [0.25, 0.3) is 0 Å². The molecule has 0 saturated heterocycles. The monoisotopic (exact) mass is 515 g/mol. The molecule has 1 nitrogen and oxygen atoms in total. The molecule has 3 aromatic carbocycles. The molecule has 0 aliphatic heterocycles. The molecule has 3 rings (SSSR count). The van der Waals surface area contributed by atoms with Crippen LogP contribution in [-0.2, 0) is 0 Å². The minimum absolute atomic E-state index is 0.149. The van der Waals surface area contributed by atoms with E-state index >= 15 is 0 Å². The van der Waals surface area contributed by atoms with Crippen molar-refractivity contribution in [1.82, 2.24) is 0 Å². The highest BCUT2D eigenvalue weighted by molar-refractivity contribution is 14.1. The topological polar surface area (TPSA) is 20.2 Å². The Hall–Kier alpha value is -1.48. The van der Waals surface area contributed by atoms with Gasteiger partial charge < -0.3 is 5.11 Å². The summed E-state index contributed by atoms with van der Waals surface area (Å²) in [4.78, 5) is 0. The smallest absolute Gasteiger partial charge is 0.112 e. The summed E-state index contributed by atoms with van der Waals surface area (Å²) in [5.74, 6) is 0.149. The van der Waals surface area contributed by atoms with Gasteiger partial charge in [0.05, 0.1) is 12.3 Å². The number of hydrogen-bond acceptors (Lipinski definition) is 1. The van der Waals surface area contributed by atoms with Gasteiger partial charge >= 0.3 is 0 Å². The SMILES string of the molecule is C/C(I)=C/[C@H](C)[C@@H](O)CC[P+](c1ccccc1)(c1ccccc1)c1ccccc1. The molecule has 2 atom stereocenters. The van der Waals surface area contributed by atoms with E-state index in [9.17, 15) is 5.11 Å².